The van der Waals surface area contributed by atoms with Crippen molar-refractivity contribution >= 4 is 16.0 Å². The molecule has 1 unspecified atom stereocenters. The number of carbonyl (C=O) groups excluding carboxylic acids is 1. The minimum absolute atomic E-state index is 0.486. The van der Waals surface area contributed by atoms with Crippen molar-refractivity contribution in [3.8, 4) is 0 Å². The van der Waals surface area contributed by atoms with Gasteiger partial charge >= 0.3 is 5.97 Å². The number of ether oxygens (including phenoxy) is 1. The number of esters is 1. The SMILES string of the molecule is COC(=O)C(NS(=O)(=O)c1cc(C)ccc1F)C(C)(C)C. The van der Waals surface area contributed by atoms with Crippen LogP contribution in [0.3, 0.4) is 0 Å². The van der Waals surface area contributed by atoms with E-state index in [9.17, 15) is 17.6 Å². The van der Waals surface area contributed by atoms with Crippen molar-refractivity contribution < 1.29 is 22.3 Å². The Bertz CT molecular complexity index is 635. The molecular formula is C14H20FNO4S. The van der Waals surface area contributed by atoms with Crippen molar-refractivity contribution in [1.29, 1.82) is 0 Å². The Kier molecular flexibility index (Phi) is 5.11. The van der Waals surface area contributed by atoms with Crippen LogP contribution >= 0.6 is 0 Å². The lowest BCUT2D eigenvalue weighted by atomic mass is 9.87. The largest absolute Gasteiger partial charge is 0.468 e. The van der Waals surface area contributed by atoms with Gasteiger partial charge in [0.1, 0.15) is 16.8 Å². The Labute approximate surface area is 124 Å². The number of nitrogens with one attached hydrogen (secondary N) is 1. The Hall–Kier alpha value is -1.47. The first-order chi connectivity index (χ1) is 9.49. The fourth-order valence-electron chi connectivity index (χ4n) is 1.73. The van der Waals surface area contributed by atoms with Crippen molar-refractivity contribution in [1.82, 2.24) is 4.72 Å². The maximum absolute atomic E-state index is 13.8. The van der Waals surface area contributed by atoms with Gasteiger partial charge in [-0.05, 0) is 30.0 Å². The molecule has 1 rings (SSSR count). The van der Waals surface area contributed by atoms with E-state index in [1.54, 1.807) is 27.7 Å². The molecule has 1 aromatic rings. The molecule has 1 aromatic carbocycles. The van der Waals surface area contributed by atoms with Crippen LogP contribution in [0.4, 0.5) is 4.39 Å². The van der Waals surface area contributed by atoms with Crippen LogP contribution < -0.4 is 4.72 Å². The van der Waals surface area contributed by atoms with Gasteiger partial charge in [0.05, 0.1) is 7.11 Å². The Balaban J connectivity index is 3.24. The van der Waals surface area contributed by atoms with Crippen LogP contribution in [0.15, 0.2) is 23.1 Å². The summed E-state index contributed by atoms with van der Waals surface area (Å²) >= 11 is 0. The third kappa shape index (κ3) is 4.25. The standard InChI is InChI=1S/C14H20FNO4S/c1-9-6-7-10(15)11(8-9)21(18,19)16-12(13(17)20-5)14(2,3)4/h6-8,12,16H,1-5H3. The normalized spacial score (nSPS) is 13.8. The van der Waals surface area contributed by atoms with E-state index < -0.39 is 38.2 Å². The maximum Gasteiger partial charge on any atom is 0.324 e. The number of benzene rings is 1. The molecule has 0 saturated carbocycles. The lowest BCUT2D eigenvalue weighted by molar-refractivity contribution is -0.145. The third-order valence-corrected chi connectivity index (χ3v) is 4.39. The molecule has 0 fully saturated rings. The first-order valence-electron chi connectivity index (χ1n) is 6.35. The van der Waals surface area contributed by atoms with Crippen LogP contribution in [0.5, 0.6) is 0 Å². The summed E-state index contributed by atoms with van der Waals surface area (Å²) in [5.41, 5.74) is -0.123. The molecule has 0 aliphatic carbocycles. The lowest BCUT2D eigenvalue weighted by Gasteiger charge is -2.28. The molecule has 118 valence electrons. The van der Waals surface area contributed by atoms with Gasteiger partial charge in [0.2, 0.25) is 10.0 Å². The molecular weight excluding hydrogens is 297 g/mol. The minimum atomic E-state index is -4.18. The molecule has 0 saturated heterocycles. The Morgan fingerprint density at radius 1 is 1.33 bits per heavy atom. The Morgan fingerprint density at radius 3 is 2.38 bits per heavy atom. The molecule has 1 N–H and O–H groups in total. The summed E-state index contributed by atoms with van der Waals surface area (Å²) in [5, 5.41) is 0. The Morgan fingerprint density at radius 2 is 1.90 bits per heavy atom. The minimum Gasteiger partial charge on any atom is -0.468 e. The van der Waals surface area contributed by atoms with Crippen LogP contribution in [0, 0.1) is 18.2 Å². The van der Waals surface area contributed by atoms with Crippen molar-refractivity contribution in [2.75, 3.05) is 7.11 Å². The molecule has 5 nitrogen and oxygen atoms in total. The quantitative estimate of drug-likeness (QED) is 0.862. The molecule has 1 atom stereocenters. The summed E-state index contributed by atoms with van der Waals surface area (Å²) in [6.45, 7) is 6.71. The summed E-state index contributed by atoms with van der Waals surface area (Å²) in [7, 11) is -3.01. The van der Waals surface area contributed by atoms with Gasteiger partial charge < -0.3 is 4.74 Å². The van der Waals surface area contributed by atoms with Crippen LogP contribution in [0.2, 0.25) is 0 Å². The number of sulfonamides is 1. The molecule has 0 bridgehead atoms. The predicted octanol–water partition coefficient (Wildman–Crippen LogP) is 2.00. The van der Waals surface area contributed by atoms with Gasteiger partial charge in [-0.15, -0.1) is 0 Å². The van der Waals surface area contributed by atoms with Gasteiger partial charge in [0, 0.05) is 0 Å². The number of halogens is 1. The molecule has 7 heteroatoms. The second-order valence-corrected chi connectivity index (χ2v) is 7.56. The lowest BCUT2D eigenvalue weighted by Crippen LogP contribution is -2.49. The highest BCUT2D eigenvalue weighted by Gasteiger charge is 2.36. The zero-order chi connectivity index (χ0) is 16.4. The van der Waals surface area contributed by atoms with Crippen molar-refractivity contribution in [2.24, 2.45) is 5.41 Å². The monoisotopic (exact) mass is 317 g/mol. The maximum atomic E-state index is 13.8. The second kappa shape index (κ2) is 6.11. The first kappa shape index (κ1) is 17.6. The number of aryl methyl sites for hydroxylation is 1. The van der Waals surface area contributed by atoms with Gasteiger partial charge in [0.15, 0.2) is 0 Å². The smallest absolute Gasteiger partial charge is 0.324 e. The molecule has 0 radical (unpaired) electrons. The van der Waals surface area contributed by atoms with Gasteiger partial charge in [-0.25, -0.2) is 12.8 Å². The van der Waals surface area contributed by atoms with Crippen LogP contribution in [0.25, 0.3) is 0 Å². The zero-order valence-corrected chi connectivity index (χ0v) is 13.5. The first-order valence-corrected chi connectivity index (χ1v) is 7.83. The summed E-state index contributed by atoms with van der Waals surface area (Å²) in [6, 6.07) is 2.64. The highest BCUT2D eigenvalue weighted by molar-refractivity contribution is 7.89. The molecule has 21 heavy (non-hydrogen) atoms. The van der Waals surface area contributed by atoms with E-state index in [0.29, 0.717) is 5.56 Å². The van der Waals surface area contributed by atoms with E-state index in [2.05, 4.69) is 9.46 Å². The summed E-state index contributed by atoms with van der Waals surface area (Å²) < 4.78 is 45.2. The molecule has 0 amide bonds. The predicted molar refractivity (Wildman–Crippen MR) is 76.7 cm³/mol. The van der Waals surface area contributed by atoms with E-state index in [0.717, 1.165) is 6.07 Å². The van der Waals surface area contributed by atoms with Crippen LogP contribution in [-0.4, -0.2) is 27.5 Å². The van der Waals surface area contributed by atoms with Gasteiger partial charge in [-0.2, -0.15) is 4.72 Å². The number of hydrogen-bond donors (Lipinski definition) is 1. The van der Waals surface area contributed by atoms with Crippen molar-refractivity contribution in [3.05, 3.63) is 29.6 Å². The zero-order valence-electron chi connectivity index (χ0n) is 12.7. The highest BCUT2D eigenvalue weighted by Crippen LogP contribution is 2.24. The molecule has 0 aliphatic heterocycles. The topological polar surface area (TPSA) is 72.5 Å². The van der Waals surface area contributed by atoms with Crippen molar-refractivity contribution in [2.45, 2.75) is 38.6 Å². The van der Waals surface area contributed by atoms with Crippen LogP contribution in [-0.2, 0) is 19.6 Å². The van der Waals surface area contributed by atoms with E-state index in [1.807, 2.05) is 0 Å². The summed E-state index contributed by atoms with van der Waals surface area (Å²) in [6.07, 6.45) is 0. The molecule has 0 aliphatic rings. The number of carbonyl (C=O) groups is 1. The highest BCUT2D eigenvalue weighted by atomic mass is 32.2. The van der Waals surface area contributed by atoms with Gasteiger partial charge in [-0.3, -0.25) is 4.79 Å². The van der Waals surface area contributed by atoms with E-state index in [4.69, 9.17) is 0 Å². The fraction of sp³-hybridized carbons (Fsp3) is 0.500. The van der Waals surface area contributed by atoms with E-state index in [1.165, 1.54) is 19.2 Å². The fourth-order valence-corrected chi connectivity index (χ4v) is 3.28. The average molecular weight is 317 g/mol. The van der Waals surface area contributed by atoms with Gasteiger partial charge in [-0.1, -0.05) is 26.8 Å². The number of methoxy groups -OCH3 is 1. The third-order valence-electron chi connectivity index (χ3n) is 2.95. The number of rotatable bonds is 4. The molecule has 0 heterocycles. The average Bonchev–Trinajstić information content (AvgIpc) is 2.36. The van der Waals surface area contributed by atoms with E-state index >= 15 is 0 Å². The van der Waals surface area contributed by atoms with E-state index in [-0.39, 0.29) is 0 Å². The number of hydrogen-bond acceptors (Lipinski definition) is 4. The molecule has 0 aromatic heterocycles. The van der Waals surface area contributed by atoms with Gasteiger partial charge in [0.25, 0.3) is 0 Å². The van der Waals surface area contributed by atoms with Crippen LogP contribution in [0.1, 0.15) is 26.3 Å². The molecule has 0 spiro atoms. The summed E-state index contributed by atoms with van der Waals surface area (Å²) in [5.74, 6) is -1.59. The van der Waals surface area contributed by atoms with Crippen molar-refractivity contribution in [3.63, 3.8) is 0 Å². The summed E-state index contributed by atoms with van der Waals surface area (Å²) in [4.78, 5) is 11.3. The second-order valence-electron chi connectivity index (χ2n) is 5.88.